The molecule has 0 unspecified atom stereocenters. The highest BCUT2D eigenvalue weighted by Crippen LogP contribution is 2.35. The zero-order valence-electron chi connectivity index (χ0n) is 11.5. The molecule has 1 heterocycles. The zero-order valence-corrected chi connectivity index (χ0v) is 11.5. The molecular formula is C14H17N5O2. The summed E-state index contributed by atoms with van der Waals surface area (Å²) in [4.78, 5) is 15.3. The number of carbonyl (C=O) groups excluding carboxylic acids is 1. The maximum Gasteiger partial charge on any atom is 0.316 e. The van der Waals surface area contributed by atoms with Gasteiger partial charge in [-0.05, 0) is 31.0 Å². The number of rotatable bonds is 3. The summed E-state index contributed by atoms with van der Waals surface area (Å²) in [5, 5.41) is 6.52. The molecule has 0 radical (unpaired) electrons. The molecule has 0 saturated heterocycles. The maximum absolute atomic E-state index is 10.9. The average molecular weight is 287 g/mol. The summed E-state index contributed by atoms with van der Waals surface area (Å²) in [5.74, 6) is 0.929. The van der Waals surface area contributed by atoms with Gasteiger partial charge in [0.1, 0.15) is 0 Å². The average Bonchev–Trinajstić information content (AvgIpc) is 3.08. The Morgan fingerprint density at radius 2 is 2.10 bits per heavy atom. The molecule has 3 rings (SSSR count). The number of hydrogen-bond donors (Lipinski definition) is 3. The quantitative estimate of drug-likeness (QED) is 0.796. The molecule has 7 nitrogen and oxygen atoms in total. The molecule has 1 fully saturated rings. The summed E-state index contributed by atoms with van der Waals surface area (Å²) in [6.45, 7) is 0. The Kier molecular flexibility index (Phi) is 3.34. The first-order valence-electron chi connectivity index (χ1n) is 6.87. The SMILES string of the molecule is NC(=O)Nc1cccc(-c2nc(C3(N)CCCC3)no2)c1. The molecule has 1 aromatic carbocycles. The number of primary amides is 1. The van der Waals surface area contributed by atoms with E-state index in [1.54, 1.807) is 18.2 Å². The van der Waals surface area contributed by atoms with E-state index in [4.69, 9.17) is 16.0 Å². The first-order chi connectivity index (χ1) is 10.1. The van der Waals surface area contributed by atoms with Crippen LogP contribution in [0, 0.1) is 0 Å². The van der Waals surface area contributed by atoms with Crippen molar-refractivity contribution in [2.45, 2.75) is 31.2 Å². The first kappa shape index (κ1) is 13.6. The van der Waals surface area contributed by atoms with E-state index in [0.717, 1.165) is 25.7 Å². The lowest BCUT2D eigenvalue weighted by molar-refractivity contribution is 0.259. The Hall–Kier alpha value is -2.41. The van der Waals surface area contributed by atoms with Crippen LogP contribution < -0.4 is 16.8 Å². The zero-order chi connectivity index (χ0) is 14.9. The molecule has 1 aliphatic carbocycles. The van der Waals surface area contributed by atoms with Crippen LogP contribution in [0.5, 0.6) is 0 Å². The summed E-state index contributed by atoms with van der Waals surface area (Å²) in [7, 11) is 0. The Balaban J connectivity index is 1.87. The van der Waals surface area contributed by atoms with E-state index in [2.05, 4.69) is 15.5 Å². The highest BCUT2D eigenvalue weighted by atomic mass is 16.5. The third-order valence-electron chi connectivity index (χ3n) is 3.74. The van der Waals surface area contributed by atoms with Crippen molar-refractivity contribution in [3.63, 3.8) is 0 Å². The number of nitrogens with two attached hydrogens (primary N) is 2. The normalized spacial score (nSPS) is 16.8. The van der Waals surface area contributed by atoms with Gasteiger partial charge in [0, 0.05) is 11.3 Å². The standard InChI is InChI=1S/C14H17N5O2/c15-13(20)17-10-5-3-4-9(8-10)11-18-12(19-21-11)14(16)6-1-2-7-14/h3-5,8H,1-2,6-7,16H2,(H3,15,17,20). The van der Waals surface area contributed by atoms with Crippen LogP contribution in [-0.4, -0.2) is 16.2 Å². The summed E-state index contributed by atoms with van der Waals surface area (Å²) in [6.07, 6.45) is 3.90. The summed E-state index contributed by atoms with van der Waals surface area (Å²) in [5.41, 5.74) is 12.2. The third kappa shape index (κ3) is 2.73. The number of anilines is 1. The van der Waals surface area contributed by atoms with Gasteiger partial charge in [0.15, 0.2) is 5.82 Å². The minimum atomic E-state index is -0.620. The predicted octanol–water partition coefficient (Wildman–Crippen LogP) is 1.96. The van der Waals surface area contributed by atoms with Gasteiger partial charge in [0.2, 0.25) is 0 Å². The highest BCUT2D eigenvalue weighted by molar-refractivity contribution is 5.88. The summed E-state index contributed by atoms with van der Waals surface area (Å²) in [6, 6.07) is 6.43. The van der Waals surface area contributed by atoms with Crippen molar-refractivity contribution >= 4 is 11.7 Å². The molecule has 110 valence electrons. The number of amides is 2. The highest BCUT2D eigenvalue weighted by Gasteiger charge is 2.36. The number of aromatic nitrogens is 2. The van der Waals surface area contributed by atoms with Crippen LogP contribution in [0.4, 0.5) is 10.5 Å². The second-order valence-electron chi connectivity index (χ2n) is 5.36. The summed E-state index contributed by atoms with van der Waals surface area (Å²) < 4.78 is 5.30. The molecule has 2 amide bonds. The van der Waals surface area contributed by atoms with E-state index in [-0.39, 0.29) is 0 Å². The van der Waals surface area contributed by atoms with Crippen molar-refractivity contribution in [2.24, 2.45) is 11.5 Å². The lowest BCUT2D eigenvalue weighted by atomic mass is 9.99. The molecule has 7 heteroatoms. The van der Waals surface area contributed by atoms with Crippen LogP contribution in [0.15, 0.2) is 28.8 Å². The van der Waals surface area contributed by atoms with Crippen molar-refractivity contribution in [1.29, 1.82) is 0 Å². The lowest BCUT2D eigenvalue weighted by Crippen LogP contribution is -2.34. The molecule has 21 heavy (non-hydrogen) atoms. The van der Waals surface area contributed by atoms with Gasteiger partial charge in [0.05, 0.1) is 5.54 Å². The Labute approximate surface area is 121 Å². The minimum Gasteiger partial charge on any atom is -0.351 e. The lowest BCUT2D eigenvalue weighted by Gasteiger charge is -2.17. The number of urea groups is 1. The monoisotopic (exact) mass is 287 g/mol. The fraction of sp³-hybridized carbons (Fsp3) is 0.357. The van der Waals surface area contributed by atoms with Crippen molar-refractivity contribution in [3.05, 3.63) is 30.1 Å². The molecule has 0 bridgehead atoms. The van der Waals surface area contributed by atoms with Crippen molar-refractivity contribution < 1.29 is 9.32 Å². The summed E-state index contributed by atoms with van der Waals surface area (Å²) >= 11 is 0. The molecular weight excluding hydrogens is 270 g/mol. The molecule has 0 atom stereocenters. The topological polar surface area (TPSA) is 120 Å². The molecule has 1 aliphatic rings. The number of carbonyl (C=O) groups is 1. The first-order valence-corrected chi connectivity index (χ1v) is 6.87. The number of hydrogen-bond acceptors (Lipinski definition) is 5. The molecule has 2 aromatic rings. The fourth-order valence-electron chi connectivity index (χ4n) is 2.64. The van der Waals surface area contributed by atoms with Gasteiger partial charge in [0.25, 0.3) is 5.89 Å². The number of benzene rings is 1. The van der Waals surface area contributed by atoms with Gasteiger partial charge >= 0.3 is 6.03 Å². The van der Waals surface area contributed by atoms with Crippen LogP contribution in [0.3, 0.4) is 0 Å². The van der Waals surface area contributed by atoms with E-state index >= 15 is 0 Å². The molecule has 0 aliphatic heterocycles. The van der Waals surface area contributed by atoms with Gasteiger partial charge in [-0.2, -0.15) is 4.98 Å². The van der Waals surface area contributed by atoms with Gasteiger partial charge in [-0.25, -0.2) is 4.79 Å². The largest absolute Gasteiger partial charge is 0.351 e. The predicted molar refractivity (Wildman–Crippen MR) is 77.3 cm³/mol. The van der Waals surface area contributed by atoms with E-state index in [9.17, 15) is 4.79 Å². The smallest absolute Gasteiger partial charge is 0.316 e. The van der Waals surface area contributed by atoms with Crippen molar-refractivity contribution in [3.8, 4) is 11.5 Å². The number of nitrogens with zero attached hydrogens (tertiary/aromatic N) is 2. The van der Waals surface area contributed by atoms with Crippen molar-refractivity contribution in [1.82, 2.24) is 10.1 Å². The van der Waals surface area contributed by atoms with Gasteiger partial charge < -0.3 is 21.3 Å². The van der Waals surface area contributed by atoms with E-state index in [1.807, 2.05) is 6.07 Å². The Morgan fingerprint density at radius 3 is 2.81 bits per heavy atom. The maximum atomic E-state index is 10.9. The number of nitrogens with one attached hydrogen (secondary N) is 1. The molecule has 5 N–H and O–H groups in total. The third-order valence-corrected chi connectivity index (χ3v) is 3.74. The molecule has 1 saturated carbocycles. The molecule has 0 spiro atoms. The van der Waals surface area contributed by atoms with Gasteiger partial charge in [-0.15, -0.1) is 0 Å². The van der Waals surface area contributed by atoms with Gasteiger partial charge in [-0.3, -0.25) is 0 Å². The van der Waals surface area contributed by atoms with Crippen LogP contribution >= 0.6 is 0 Å². The van der Waals surface area contributed by atoms with Crippen LogP contribution in [0.25, 0.3) is 11.5 Å². The Morgan fingerprint density at radius 1 is 1.33 bits per heavy atom. The van der Waals surface area contributed by atoms with Crippen LogP contribution in [0.2, 0.25) is 0 Å². The van der Waals surface area contributed by atoms with Crippen molar-refractivity contribution in [2.75, 3.05) is 5.32 Å². The minimum absolute atomic E-state index is 0.384. The van der Waals surface area contributed by atoms with Gasteiger partial charge in [-0.1, -0.05) is 24.1 Å². The second kappa shape index (κ2) is 5.17. The van der Waals surface area contributed by atoms with Crippen LogP contribution in [0.1, 0.15) is 31.5 Å². The Bertz CT molecular complexity index is 661. The van der Waals surface area contributed by atoms with E-state index in [0.29, 0.717) is 23.0 Å². The van der Waals surface area contributed by atoms with E-state index in [1.165, 1.54) is 0 Å². The van der Waals surface area contributed by atoms with E-state index < -0.39 is 11.6 Å². The fourth-order valence-corrected chi connectivity index (χ4v) is 2.64. The second-order valence-corrected chi connectivity index (χ2v) is 5.36. The van der Waals surface area contributed by atoms with Crippen LogP contribution in [-0.2, 0) is 5.54 Å². The molecule has 1 aromatic heterocycles.